The van der Waals surface area contributed by atoms with Crippen LogP contribution in [0.25, 0.3) is 0 Å². The first-order chi connectivity index (χ1) is 16.5. The monoisotopic (exact) mass is 479 g/mol. The van der Waals surface area contributed by atoms with Crippen LogP contribution in [0.15, 0.2) is 54.6 Å². The predicted molar refractivity (Wildman–Crippen MR) is 132 cm³/mol. The molecule has 4 amide bonds. The van der Waals surface area contributed by atoms with Gasteiger partial charge in [0.15, 0.2) is 0 Å². The number of benzene rings is 2. The number of rotatable bonds is 4. The minimum atomic E-state index is -0.515. The van der Waals surface area contributed by atoms with E-state index in [2.05, 4.69) is 16.7 Å². The molecule has 178 valence electrons. The van der Waals surface area contributed by atoms with Crippen LogP contribution >= 0.6 is 11.8 Å². The van der Waals surface area contributed by atoms with Crippen LogP contribution in [0, 0.1) is 5.92 Å². The summed E-state index contributed by atoms with van der Waals surface area (Å²) >= 11 is 1.44. The molecule has 34 heavy (non-hydrogen) atoms. The van der Waals surface area contributed by atoms with Gasteiger partial charge in [-0.3, -0.25) is 25.1 Å². The molecule has 3 aliphatic heterocycles. The van der Waals surface area contributed by atoms with Gasteiger partial charge in [-0.2, -0.15) is 0 Å². The van der Waals surface area contributed by atoms with Crippen molar-refractivity contribution in [3.05, 3.63) is 65.7 Å². The van der Waals surface area contributed by atoms with Gasteiger partial charge in [0.05, 0.1) is 29.4 Å². The SMILES string of the molecule is CN1C(=O)C2C(SCC(=O)N3CCCc4ccccc43)NC(c3ccccc3)NC2N(C)C1=O. The Morgan fingerprint density at radius 2 is 1.76 bits per heavy atom. The van der Waals surface area contributed by atoms with E-state index < -0.39 is 12.1 Å². The zero-order valence-corrected chi connectivity index (χ0v) is 20.1. The summed E-state index contributed by atoms with van der Waals surface area (Å²) in [6, 6.07) is 17.6. The van der Waals surface area contributed by atoms with Gasteiger partial charge in [-0.1, -0.05) is 48.5 Å². The first kappa shape index (κ1) is 22.9. The Morgan fingerprint density at radius 3 is 2.56 bits per heavy atom. The van der Waals surface area contributed by atoms with Crippen LogP contribution in [0.2, 0.25) is 0 Å². The van der Waals surface area contributed by atoms with Crippen molar-refractivity contribution >= 4 is 35.3 Å². The number of anilines is 1. The van der Waals surface area contributed by atoms with E-state index in [9.17, 15) is 14.4 Å². The van der Waals surface area contributed by atoms with Crippen molar-refractivity contribution in [2.45, 2.75) is 30.5 Å². The van der Waals surface area contributed by atoms with Crippen LogP contribution < -0.4 is 15.5 Å². The Bertz CT molecular complexity index is 1100. The van der Waals surface area contributed by atoms with Crippen LogP contribution in [0.5, 0.6) is 0 Å². The highest BCUT2D eigenvalue weighted by Gasteiger charge is 2.51. The third-order valence-corrected chi connectivity index (χ3v) is 8.09. The Kier molecular flexibility index (Phi) is 6.33. The molecule has 0 radical (unpaired) electrons. The molecule has 2 fully saturated rings. The minimum Gasteiger partial charge on any atom is -0.311 e. The number of thioether (sulfide) groups is 1. The van der Waals surface area contributed by atoms with Crippen molar-refractivity contribution in [2.24, 2.45) is 5.92 Å². The number of para-hydroxylation sites is 1. The molecule has 0 saturated carbocycles. The third-order valence-electron chi connectivity index (χ3n) is 6.89. The van der Waals surface area contributed by atoms with Crippen molar-refractivity contribution in [1.29, 1.82) is 0 Å². The van der Waals surface area contributed by atoms with E-state index in [1.54, 1.807) is 11.9 Å². The molecular weight excluding hydrogens is 450 g/mol. The van der Waals surface area contributed by atoms with Crippen molar-refractivity contribution in [2.75, 3.05) is 31.3 Å². The molecule has 2 N–H and O–H groups in total. The molecule has 0 aromatic heterocycles. The van der Waals surface area contributed by atoms with Crippen LogP contribution in [0.1, 0.15) is 23.7 Å². The quantitative estimate of drug-likeness (QED) is 0.701. The molecule has 4 atom stereocenters. The molecule has 0 aliphatic carbocycles. The van der Waals surface area contributed by atoms with Crippen molar-refractivity contribution in [1.82, 2.24) is 20.4 Å². The zero-order chi connectivity index (χ0) is 23.8. The molecule has 3 aliphatic rings. The largest absolute Gasteiger partial charge is 0.327 e. The van der Waals surface area contributed by atoms with Crippen LogP contribution in [-0.4, -0.2) is 65.6 Å². The van der Waals surface area contributed by atoms with Crippen molar-refractivity contribution < 1.29 is 14.4 Å². The zero-order valence-electron chi connectivity index (χ0n) is 19.3. The van der Waals surface area contributed by atoms with Crippen LogP contribution in [0.4, 0.5) is 10.5 Å². The topological polar surface area (TPSA) is 85.0 Å². The van der Waals surface area contributed by atoms with E-state index in [0.717, 1.165) is 24.1 Å². The number of hydrogen-bond acceptors (Lipinski definition) is 6. The highest BCUT2D eigenvalue weighted by atomic mass is 32.2. The lowest BCUT2D eigenvalue weighted by Crippen LogP contribution is -2.72. The third kappa shape index (κ3) is 4.08. The molecule has 8 nitrogen and oxygen atoms in total. The number of fused-ring (bicyclic) bond motifs is 2. The fourth-order valence-electron chi connectivity index (χ4n) is 5.07. The first-order valence-corrected chi connectivity index (χ1v) is 12.6. The number of urea groups is 1. The van der Waals surface area contributed by atoms with Gasteiger partial charge in [-0.25, -0.2) is 4.79 Å². The number of nitrogens with zero attached hydrogens (tertiary/aromatic N) is 3. The van der Waals surface area contributed by atoms with E-state index in [1.165, 1.54) is 29.3 Å². The fraction of sp³-hybridized carbons (Fsp3) is 0.400. The van der Waals surface area contributed by atoms with E-state index in [0.29, 0.717) is 6.54 Å². The van der Waals surface area contributed by atoms with Crippen molar-refractivity contribution in [3.63, 3.8) is 0 Å². The molecule has 9 heteroatoms. The van der Waals surface area contributed by atoms with Gasteiger partial charge >= 0.3 is 6.03 Å². The van der Waals surface area contributed by atoms with Crippen molar-refractivity contribution in [3.8, 4) is 0 Å². The second-order valence-corrected chi connectivity index (χ2v) is 10.1. The summed E-state index contributed by atoms with van der Waals surface area (Å²) in [5.41, 5.74) is 3.19. The van der Waals surface area contributed by atoms with E-state index in [1.807, 2.05) is 53.4 Å². The number of aryl methyl sites for hydroxylation is 1. The highest BCUT2D eigenvalue weighted by molar-refractivity contribution is 8.00. The molecular formula is C25H29N5O3S. The Balaban J connectivity index is 1.38. The maximum atomic E-state index is 13.3. The number of nitrogens with one attached hydrogen (secondary N) is 2. The second-order valence-electron chi connectivity index (χ2n) is 8.95. The minimum absolute atomic E-state index is 0.0336. The lowest BCUT2D eigenvalue weighted by atomic mass is 9.96. The smallest absolute Gasteiger partial charge is 0.311 e. The normalized spacial score (nSPS) is 26.8. The van der Waals surface area contributed by atoms with Gasteiger partial charge in [0.2, 0.25) is 11.8 Å². The lowest BCUT2D eigenvalue weighted by molar-refractivity contribution is -0.140. The summed E-state index contributed by atoms with van der Waals surface area (Å²) in [4.78, 5) is 43.7. The van der Waals surface area contributed by atoms with E-state index >= 15 is 0 Å². The van der Waals surface area contributed by atoms with Gasteiger partial charge in [0.25, 0.3) is 0 Å². The molecule has 2 saturated heterocycles. The number of carbonyl (C=O) groups is 3. The molecule has 4 unspecified atom stereocenters. The number of hydrogen-bond donors (Lipinski definition) is 2. The molecule has 2 aromatic carbocycles. The molecule has 0 spiro atoms. The second kappa shape index (κ2) is 9.40. The summed E-state index contributed by atoms with van der Waals surface area (Å²) in [6.45, 7) is 0.702. The van der Waals surface area contributed by atoms with E-state index in [-0.39, 0.29) is 35.1 Å². The van der Waals surface area contributed by atoms with Gasteiger partial charge in [0.1, 0.15) is 0 Å². The fourth-order valence-corrected chi connectivity index (χ4v) is 6.25. The Morgan fingerprint density at radius 1 is 1.03 bits per heavy atom. The average molecular weight is 480 g/mol. The Labute approximate surface area is 203 Å². The number of carbonyl (C=O) groups excluding carboxylic acids is 3. The van der Waals surface area contributed by atoms with Gasteiger partial charge < -0.3 is 9.80 Å². The summed E-state index contributed by atoms with van der Waals surface area (Å²) < 4.78 is 0. The van der Waals surface area contributed by atoms with Gasteiger partial charge in [-0.15, -0.1) is 11.8 Å². The van der Waals surface area contributed by atoms with Crippen LogP contribution in [-0.2, 0) is 16.0 Å². The molecule has 3 heterocycles. The van der Waals surface area contributed by atoms with Crippen LogP contribution in [0.3, 0.4) is 0 Å². The summed E-state index contributed by atoms with van der Waals surface area (Å²) in [5, 5.41) is 6.62. The maximum Gasteiger partial charge on any atom is 0.327 e. The molecule has 5 rings (SSSR count). The highest BCUT2D eigenvalue weighted by Crippen LogP contribution is 2.35. The first-order valence-electron chi connectivity index (χ1n) is 11.6. The molecule has 2 aromatic rings. The Hall–Kier alpha value is -2.88. The summed E-state index contributed by atoms with van der Waals surface area (Å²) in [6.07, 6.45) is 1.20. The average Bonchev–Trinajstić information content (AvgIpc) is 2.88. The van der Waals surface area contributed by atoms with E-state index in [4.69, 9.17) is 0 Å². The standard InChI is InChI=1S/C25H29N5O3S/c1-28-22-20(24(32)29(2)25(28)33)23(27-21(26-22)17-10-4-3-5-11-17)34-15-19(31)30-14-8-12-16-9-6-7-13-18(16)30/h3-7,9-11,13,20-23,26-27H,8,12,14-15H2,1-2H3. The van der Waals surface area contributed by atoms with Gasteiger partial charge in [-0.05, 0) is 30.0 Å². The summed E-state index contributed by atoms with van der Waals surface area (Å²) in [7, 11) is 3.22. The maximum absolute atomic E-state index is 13.3. The number of amides is 4. The van der Waals surface area contributed by atoms with Gasteiger partial charge in [0, 0.05) is 26.3 Å². The predicted octanol–water partition coefficient (Wildman–Crippen LogP) is 2.38. The molecule has 0 bridgehead atoms. The summed E-state index contributed by atoms with van der Waals surface area (Å²) in [5.74, 6) is -0.482. The number of imide groups is 1. The lowest BCUT2D eigenvalue weighted by Gasteiger charge is -2.50.